The maximum atomic E-state index is 12.3. The monoisotopic (exact) mass is 434 g/mol. The molecule has 1 aliphatic heterocycles. The van der Waals surface area contributed by atoms with Crippen molar-refractivity contribution in [3.05, 3.63) is 60.6 Å². The Balaban J connectivity index is 1.71. The van der Waals surface area contributed by atoms with E-state index in [2.05, 4.69) is 37.3 Å². The van der Waals surface area contributed by atoms with E-state index in [9.17, 15) is 4.79 Å². The van der Waals surface area contributed by atoms with Crippen molar-refractivity contribution < 1.29 is 9.53 Å². The van der Waals surface area contributed by atoms with Crippen LogP contribution in [0.5, 0.6) is 0 Å². The molecule has 0 spiro atoms. The fourth-order valence-electron chi connectivity index (χ4n) is 4.21. The van der Waals surface area contributed by atoms with Gasteiger partial charge in [-0.3, -0.25) is 9.88 Å². The number of hydrogen-bond acceptors (Lipinski definition) is 7. The van der Waals surface area contributed by atoms with Gasteiger partial charge in [0.05, 0.1) is 36.8 Å². The van der Waals surface area contributed by atoms with Gasteiger partial charge in [-0.1, -0.05) is 30.3 Å². The van der Waals surface area contributed by atoms with E-state index in [1.165, 1.54) is 7.11 Å². The highest BCUT2D eigenvalue weighted by atomic mass is 16.5. The molecule has 3 aromatic rings. The molecule has 3 heterocycles. The van der Waals surface area contributed by atoms with E-state index in [1.54, 1.807) is 18.5 Å². The van der Waals surface area contributed by atoms with Gasteiger partial charge in [0.25, 0.3) is 0 Å². The largest absolute Gasteiger partial charge is 0.465 e. The number of hydrogen-bond donors (Lipinski definition) is 2. The predicted molar refractivity (Wildman–Crippen MR) is 125 cm³/mol. The quantitative estimate of drug-likeness (QED) is 0.526. The van der Waals surface area contributed by atoms with Crippen molar-refractivity contribution in [1.29, 1.82) is 0 Å². The van der Waals surface area contributed by atoms with Crippen molar-refractivity contribution in [2.75, 3.05) is 45.7 Å². The summed E-state index contributed by atoms with van der Waals surface area (Å²) in [5.74, 6) is 0.452. The Kier molecular flexibility index (Phi) is 7.14. The number of anilines is 2. The molecule has 0 aliphatic carbocycles. The molecular weight excluding hydrogens is 404 g/mol. The topological polar surface area (TPSA) is 84.3 Å². The molecule has 2 N–H and O–H groups in total. The van der Waals surface area contributed by atoms with Crippen molar-refractivity contribution >= 4 is 17.5 Å². The van der Waals surface area contributed by atoms with Gasteiger partial charge < -0.3 is 15.4 Å². The van der Waals surface area contributed by atoms with Crippen molar-refractivity contribution in [1.82, 2.24) is 25.0 Å². The highest BCUT2D eigenvalue weighted by Crippen LogP contribution is 2.35. The SMILES string of the molecule is CNCCN1CCCC(n2ncc(-c3ccccc3)c2Nc2cnccc2C(=O)OC)C1. The van der Waals surface area contributed by atoms with E-state index in [0.29, 0.717) is 11.3 Å². The third-order valence-electron chi connectivity index (χ3n) is 5.86. The second-order valence-corrected chi connectivity index (χ2v) is 7.96. The number of likely N-dealkylation sites (tertiary alicyclic amines) is 1. The van der Waals surface area contributed by atoms with Crippen LogP contribution in [0, 0.1) is 0 Å². The van der Waals surface area contributed by atoms with Crippen LogP contribution < -0.4 is 10.6 Å². The minimum absolute atomic E-state index is 0.235. The highest BCUT2D eigenvalue weighted by Gasteiger charge is 2.26. The molecule has 2 aromatic heterocycles. The molecule has 0 bridgehead atoms. The number of piperidine rings is 1. The van der Waals surface area contributed by atoms with Gasteiger partial charge in [0.2, 0.25) is 0 Å². The second-order valence-electron chi connectivity index (χ2n) is 7.96. The highest BCUT2D eigenvalue weighted by molar-refractivity contribution is 5.96. The van der Waals surface area contributed by atoms with E-state index in [1.807, 2.05) is 31.4 Å². The van der Waals surface area contributed by atoms with Gasteiger partial charge in [0, 0.05) is 31.4 Å². The number of aromatic nitrogens is 3. The molecule has 1 aromatic carbocycles. The Morgan fingerprint density at radius 3 is 2.84 bits per heavy atom. The molecule has 0 saturated carbocycles. The maximum Gasteiger partial charge on any atom is 0.340 e. The van der Waals surface area contributed by atoms with Crippen LogP contribution in [-0.2, 0) is 4.74 Å². The van der Waals surface area contributed by atoms with Gasteiger partial charge in [-0.2, -0.15) is 5.10 Å². The van der Waals surface area contributed by atoms with Gasteiger partial charge in [-0.25, -0.2) is 9.48 Å². The lowest BCUT2D eigenvalue weighted by molar-refractivity contribution is 0.0601. The summed E-state index contributed by atoms with van der Waals surface area (Å²) >= 11 is 0. The molecule has 168 valence electrons. The third kappa shape index (κ3) is 4.81. The molecule has 1 saturated heterocycles. The molecule has 8 nitrogen and oxygen atoms in total. The van der Waals surface area contributed by atoms with Crippen LogP contribution in [0.3, 0.4) is 0 Å². The molecule has 8 heteroatoms. The number of likely N-dealkylation sites (N-methyl/N-ethyl adjacent to an activating group) is 1. The lowest BCUT2D eigenvalue weighted by Gasteiger charge is -2.33. The molecular formula is C24H30N6O2. The summed E-state index contributed by atoms with van der Waals surface area (Å²) in [6.07, 6.45) is 7.32. The predicted octanol–water partition coefficient (Wildman–Crippen LogP) is 3.33. The molecule has 32 heavy (non-hydrogen) atoms. The van der Waals surface area contributed by atoms with Crippen LogP contribution >= 0.6 is 0 Å². The average molecular weight is 435 g/mol. The maximum absolute atomic E-state index is 12.3. The lowest BCUT2D eigenvalue weighted by atomic mass is 10.0. The fraction of sp³-hybridized carbons (Fsp3) is 0.375. The number of methoxy groups -OCH3 is 1. The van der Waals surface area contributed by atoms with Crippen molar-refractivity contribution in [2.24, 2.45) is 0 Å². The zero-order chi connectivity index (χ0) is 22.3. The normalized spacial score (nSPS) is 16.6. The number of carbonyl (C=O) groups excluding carboxylic acids is 1. The van der Waals surface area contributed by atoms with Crippen LogP contribution in [0.4, 0.5) is 11.5 Å². The fourth-order valence-corrected chi connectivity index (χ4v) is 4.21. The Morgan fingerprint density at radius 2 is 2.06 bits per heavy atom. The number of ether oxygens (including phenoxy) is 1. The summed E-state index contributed by atoms with van der Waals surface area (Å²) in [4.78, 5) is 19.0. The molecule has 4 rings (SSSR count). The van der Waals surface area contributed by atoms with E-state index in [4.69, 9.17) is 9.84 Å². The second kappa shape index (κ2) is 10.4. The van der Waals surface area contributed by atoms with Crippen LogP contribution in [0.1, 0.15) is 29.2 Å². The standard InChI is InChI=1S/C24H30N6O2/c1-25-12-14-29-13-6-9-19(17-29)30-23(21(15-27-30)18-7-4-3-5-8-18)28-22-16-26-11-10-20(22)24(31)32-2/h3-5,7-8,10-11,15-16,19,25,28H,6,9,12-14,17H2,1-2H3. The molecule has 0 amide bonds. The van der Waals surface area contributed by atoms with Crippen LogP contribution in [0.15, 0.2) is 55.0 Å². The minimum Gasteiger partial charge on any atom is -0.465 e. The van der Waals surface area contributed by atoms with E-state index in [0.717, 1.165) is 56.0 Å². The van der Waals surface area contributed by atoms with Crippen molar-refractivity contribution in [2.45, 2.75) is 18.9 Å². The van der Waals surface area contributed by atoms with Crippen LogP contribution in [0.25, 0.3) is 11.1 Å². The smallest absolute Gasteiger partial charge is 0.340 e. The van der Waals surface area contributed by atoms with Crippen molar-refractivity contribution in [3.63, 3.8) is 0 Å². The first-order chi connectivity index (χ1) is 15.7. The summed E-state index contributed by atoms with van der Waals surface area (Å²) in [5.41, 5.74) is 3.08. The van der Waals surface area contributed by atoms with E-state index < -0.39 is 5.97 Å². The summed E-state index contributed by atoms with van der Waals surface area (Å²) in [5, 5.41) is 11.5. The third-order valence-corrected chi connectivity index (χ3v) is 5.86. The van der Waals surface area contributed by atoms with Gasteiger partial charge in [0.15, 0.2) is 0 Å². The number of pyridine rings is 1. The van der Waals surface area contributed by atoms with Gasteiger partial charge in [-0.15, -0.1) is 0 Å². The zero-order valence-corrected chi connectivity index (χ0v) is 18.6. The Bertz CT molecular complexity index is 1040. The van der Waals surface area contributed by atoms with E-state index >= 15 is 0 Å². The molecule has 0 radical (unpaired) electrons. The Morgan fingerprint density at radius 1 is 1.22 bits per heavy atom. The molecule has 1 unspecified atom stereocenters. The zero-order valence-electron chi connectivity index (χ0n) is 18.6. The number of nitrogens with zero attached hydrogens (tertiary/aromatic N) is 4. The summed E-state index contributed by atoms with van der Waals surface area (Å²) in [7, 11) is 3.36. The number of esters is 1. The van der Waals surface area contributed by atoms with Crippen LogP contribution in [0.2, 0.25) is 0 Å². The van der Waals surface area contributed by atoms with E-state index in [-0.39, 0.29) is 6.04 Å². The van der Waals surface area contributed by atoms with Gasteiger partial charge >= 0.3 is 5.97 Å². The van der Waals surface area contributed by atoms with Crippen molar-refractivity contribution in [3.8, 4) is 11.1 Å². The number of benzene rings is 1. The Hall–Kier alpha value is -3.23. The molecule has 1 aliphatic rings. The van der Waals surface area contributed by atoms with Gasteiger partial charge in [0.1, 0.15) is 5.82 Å². The number of rotatable bonds is 8. The van der Waals surface area contributed by atoms with Crippen LogP contribution in [-0.4, -0.2) is 66.0 Å². The Labute approximate surface area is 188 Å². The summed E-state index contributed by atoms with van der Waals surface area (Å²) in [6.45, 7) is 4.01. The number of carbonyl (C=O) groups is 1. The summed E-state index contributed by atoms with van der Waals surface area (Å²) in [6, 6.07) is 12.1. The average Bonchev–Trinajstić information content (AvgIpc) is 3.27. The summed E-state index contributed by atoms with van der Waals surface area (Å²) < 4.78 is 7.04. The molecule has 1 atom stereocenters. The lowest BCUT2D eigenvalue weighted by Crippen LogP contribution is -2.40. The number of nitrogens with one attached hydrogen (secondary N) is 2. The molecule has 1 fully saturated rings. The first-order valence-electron chi connectivity index (χ1n) is 11.0. The van der Waals surface area contributed by atoms with Gasteiger partial charge in [-0.05, 0) is 38.1 Å². The first kappa shape index (κ1) is 22.0. The minimum atomic E-state index is -0.405. The first-order valence-corrected chi connectivity index (χ1v) is 11.0.